The van der Waals surface area contributed by atoms with Gasteiger partial charge in [-0.25, -0.2) is 14.7 Å². The van der Waals surface area contributed by atoms with Crippen LogP contribution in [0.2, 0.25) is 10.0 Å². The van der Waals surface area contributed by atoms with Gasteiger partial charge in [-0.3, -0.25) is 14.2 Å². The van der Waals surface area contributed by atoms with Gasteiger partial charge in [0.2, 0.25) is 5.95 Å². The molecule has 5 rings (SSSR count). The van der Waals surface area contributed by atoms with Gasteiger partial charge in [0.15, 0.2) is 0 Å². The van der Waals surface area contributed by atoms with Gasteiger partial charge in [-0.05, 0) is 55.7 Å². The standard InChI is InChI=1S/C24H19BrCl2N4O4/c1-23(11-13-2-4-14(25)5-3-13)20(33)30(17-9-15(26)8-16(27)10-17)22-28-12-18(31(22)23)19(32)29-24(6-7-24)21(34)35/h2-5,8-10,12H,6-7,11H2,1H3,(H,29,32)(H,34,35)/t23-/m1/s1. The summed E-state index contributed by atoms with van der Waals surface area (Å²) in [6, 6.07) is 12.3. The summed E-state index contributed by atoms with van der Waals surface area (Å²) in [7, 11) is 0. The molecular weight excluding hydrogens is 559 g/mol. The van der Waals surface area contributed by atoms with Crippen molar-refractivity contribution < 1.29 is 19.5 Å². The number of amides is 2. The molecule has 2 heterocycles. The van der Waals surface area contributed by atoms with E-state index < -0.39 is 23.0 Å². The molecule has 8 nitrogen and oxygen atoms in total. The number of hydrogen-bond acceptors (Lipinski definition) is 4. The van der Waals surface area contributed by atoms with Gasteiger partial charge >= 0.3 is 5.97 Å². The number of hydrogen-bond donors (Lipinski definition) is 2. The van der Waals surface area contributed by atoms with E-state index in [0.29, 0.717) is 28.6 Å². The van der Waals surface area contributed by atoms with Crippen molar-refractivity contribution in [3.05, 3.63) is 74.4 Å². The van der Waals surface area contributed by atoms with Gasteiger partial charge in [0.05, 0.1) is 11.9 Å². The normalized spacial score (nSPS) is 20.0. The molecule has 11 heteroatoms. The van der Waals surface area contributed by atoms with Crippen LogP contribution in [0.3, 0.4) is 0 Å². The van der Waals surface area contributed by atoms with Gasteiger partial charge < -0.3 is 10.4 Å². The van der Waals surface area contributed by atoms with E-state index in [1.54, 1.807) is 29.7 Å². The van der Waals surface area contributed by atoms with Crippen molar-refractivity contribution in [2.75, 3.05) is 4.90 Å². The van der Waals surface area contributed by atoms with E-state index in [-0.39, 0.29) is 24.0 Å². The van der Waals surface area contributed by atoms with Crippen LogP contribution in [0.4, 0.5) is 11.6 Å². The first-order chi connectivity index (χ1) is 16.5. The summed E-state index contributed by atoms with van der Waals surface area (Å²) in [6.45, 7) is 1.73. The predicted molar refractivity (Wildman–Crippen MR) is 134 cm³/mol. The first-order valence-electron chi connectivity index (χ1n) is 10.7. The molecule has 1 saturated carbocycles. The highest BCUT2D eigenvalue weighted by molar-refractivity contribution is 9.10. The predicted octanol–water partition coefficient (Wildman–Crippen LogP) is 4.94. The van der Waals surface area contributed by atoms with Crippen molar-refractivity contribution in [1.82, 2.24) is 14.9 Å². The average Bonchev–Trinajstić information content (AvgIpc) is 3.38. The summed E-state index contributed by atoms with van der Waals surface area (Å²) in [5, 5.41) is 12.8. The molecule has 2 amide bonds. The largest absolute Gasteiger partial charge is 0.480 e. The fraction of sp³-hybridized carbons (Fsp3) is 0.250. The van der Waals surface area contributed by atoms with Gasteiger partial charge in [-0.1, -0.05) is 51.3 Å². The molecule has 0 unspecified atom stereocenters. The van der Waals surface area contributed by atoms with Gasteiger partial charge in [0.25, 0.3) is 11.8 Å². The number of aromatic nitrogens is 2. The Labute approximate surface area is 219 Å². The summed E-state index contributed by atoms with van der Waals surface area (Å²) in [5.74, 6) is -1.80. The fourth-order valence-electron chi connectivity index (χ4n) is 4.43. The minimum absolute atomic E-state index is 0.0936. The molecule has 0 spiro atoms. The van der Waals surface area contributed by atoms with Crippen LogP contribution in [0.5, 0.6) is 0 Å². The Morgan fingerprint density at radius 3 is 2.34 bits per heavy atom. The molecule has 0 bridgehead atoms. The smallest absolute Gasteiger partial charge is 0.329 e. The lowest BCUT2D eigenvalue weighted by molar-refractivity contribution is -0.140. The third-order valence-electron chi connectivity index (χ3n) is 6.41. The Hall–Kier alpha value is -2.88. The second kappa shape index (κ2) is 8.36. The number of aliphatic carboxylic acids is 1. The molecule has 2 aliphatic rings. The van der Waals surface area contributed by atoms with Crippen molar-refractivity contribution in [2.24, 2.45) is 0 Å². The van der Waals surface area contributed by atoms with Crippen LogP contribution in [-0.2, 0) is 21.5 Å². The van der Waals surface area contributed by atoms with Crippen LogP contribution < -0.4 is 10.2 Å². The fourth-order valence-corrected chi connectivity index (χ4v) is 5.21. The van der Waals surface area contributed by atoms with E-state index in [4.69, 9.17) is 23.2 Å². The lowest BCUT2D eigenvalue weighted by Gasteiger charge is -2.27. The zero-order chi connectivity index (χ0) is 25.1. The van der Waals surface area contributed by atoms with Crippen molar-refractivity contribution in [1.29, 1.82) is 0 Å². The zero-order valence-corrected chi connectivity index (χ0v) is 21.5. The number of benzene rings is 2. The Morgan fingerprint density at radius 1 is 1.14 bits per heavy atom. The number of imidazole rings is 1. The van der Waals surface area contributed by atoms with Gasteiger partial charge in [-0.15, -0.1) is 0 Å². The van der Waals surface area contributed by atoms with E-state index >= 15 is 0 Å². The molecule has 1 aliphatic heterocycles. The maximum absolute atomic E-state index is 14.0. The molecule has 1 fully saturated rings. The summed E-state index contributed by atoms with van der Waals surface area (Å²) in [6.07, 6.45) is 2.31. The number of anilines is 2. The minimum Gasteiger partial charge on any atom is -0.480 e. The summed E-state index contributed by atoms with van der Waals surface area (Å²) in [5.41, 5.74) is -1.15. The quantitative estimate of drug-likeness (QED) is 0.432. The van der Waals surface area contributed by atoms with E-state index in [0.717, 1.165) is 10.0 Å². The van der Waals surface area contributed by atoms with Gasteiger partial charge in [0.1, 0.15) is 16.8 Å². The van der Waals surface area contributed by atoms with E-state index in [1.807, 2.05) is 24.3 Å². The highest BCUT2D eigenvalue weighted by atomic mass is 79.9. The molecule has 1 aliphatic carbocycles. The van der Waals surface area contributed by atoms with Crippen molar-refractivity contribution in [3.8, 4) is 0 Å². The van der Waals surface area contributed by atoms with Crippen molar-refractivity contribution in [3.63, 3.8) is 0 Å². The number of nitrogens with one attached hydrogen (secondary N) is 1. The second-order valence-corrected chi connectivity index (χ2v) is 10.8. The van der Waals surface area contributed by atoms with E-state index in [2.05, 4.69) is 26.2 Å². The van der Waals surface area contributed by atoms with Crippen LogP contribution in [-0.4, -0.2) is 38.0 Å². The zero-order valence-electron chi connectivity index (χ0n) is 18.4. The summed E-state index contributed by atoms with van der Waals surface area (Å²) < 4.78 is 2.46. The highest BCUT2D eigenvalue weighted by Gasteiger charge is 2.54. The summed E-state index contributed by atoms with van der Waals surface area (Å²) in [4.78, 5) is 44.6. The third kappa shape index (κ3) is 4.01. The van der Waals surface area contributed by atoms with Crippen LogP contribution in [0, 0.1) is 0 Å². The number of carbonyl (C=O) groups excluding carboxylic acids is 2. The molecule has 3 aromatic rings. The number of carboxylic acid groups (broad SMARTS) is 1. The molecular formula is C24H19BrCl2N4O4. The SMILES string of the molecule is C[C@@]1(Cc2ccc(Br)cc2)C(=O)N(c2cc(Cl)cc(Cl)c2)c2ncc(C(=O)NC3(C(=O)O)CC3)n21. The summed E-state index contributed by atoms with van der Waals surface area (Å²) >= 11 is 15.8. The molecule has 35 heavy (non-hydrogen) atoms. The monoisotopic (exact) mass is 576 g/mol. The Bertz CT molecular complexity index is 1370. The first kappa shape index (κ1) is 23.8. The lowest BCUT2D eigenvalue weighted by atomic mass is 9.91. The number of fused-ring (bicyclic) bond motifs is 1. The third-order valence-corrected chi connectivity index (χ3v) is 7.38. The molecule has 0 radical (unpaired) electrons. The average molecular weight is 578 g/mol. The maximum Gasteiger partial charge on any atom is 0.329 e. The number of nitrogens with zero attached hydrogens (tertiary/aromatic N) is 3. The molecule has 0 saturated heterocycles. The number of carbonyl (C=O) groups is 3. The minimum atomic E-state index is -1.29. The maximum atomic E-state index is 14.0. The van der Waals surface area contributed by atoms with Crippen LogP contribution in [0.25, 0.3) is 0 Å². The van der Waals surface area contributed by atoms with Crippen LogP contribution in [0.15, 0.2) is 53.1 Å². The van der Waals surface area contributed by atoms with Crippen LogP contribution in [0.1, 0.15) is 35.8 Å². The molecule has 180 valence electrons. The number of carboxylic acids is 1. The van der Waals surface area contributed by atoms with Crippen LogP contribution >= 0.6 is 39.1 Å². The number of halogens is 3. The second-order valence-electron chi connectivity index (χ2n) is 8.97. The number of rotatable bonds is 6. The van der Waals surface area contributed by atoms with Gasteiger partial charge in [-0.2, -0.15) is 0 Å². The molecule has 1 atom stereocenters. The molecule has 1 aromatic heterocycles. The first-order valence-corrected chi connectivity index (χ1v) is 12.3. The van der Waals surface area contributed by atoms with E-state index in [1.165, 1.54) is 11.1 Å². The van der Waals surface area contributed by atoms with E-state index in [9.17, 15) is 19.5 Å². The molecule has 2 aromatic carbocycles. The van der Waals surface area contributed by atoms with Crippen molar-refractivity contribution >= 4 is 68.6 Å². The highest BCUT2D eigenvalue weighted by Crippen LogP contribution is 2.44. The lowest BCUT2D eigenvalue weighted by Crippen LogP contribution is -2.46. The topological polar surface area (TPSA) is 105 Å². The molecule has 2 N–H and O–H groups in total. The Morgan fingerprint density at radius 2 is 1.77 bits per heavy atom. The Kier molecular flexibility index (Phi) is 5.69. The van der Waals surface area contributed by atoms with Gasteiger partial charge in [0, 0.05) is 20.9 Å². The van der Waals surface area contributed by atoms with Crippen molar-refractivity contribution in [2.45, 2.75) is 37.3 Å². The Balaban J connectivity index is 1.62.